The van der Waals surface area contributed by atoms with Crippen LogP contribution >= 0.6 is 11.6 Å². The number of nitro groups is 1. The molecule has 0 unspecified atom stereocenters. The quantitative estimate of drug-likeness (QED) is 0.640. The van der Waals surface area contributed by atoms with Crippen molar-refractivity contribution in [2.75, 3.05) is 0 Å². The van der Waals surface area contributed by atoms with Crippen LogP contribution in [-0.2, 0) is 23.6 Å². The van der Waals surface area contributed by atoms with Crippen LogP contribution in [0.5, 0.6) is 0 Å². The van der Waals surface area contributed by atoms with E-state index in [-0.39, 0.29) is 22.3 Å². The predicted octanol–water partition coefficient (Wildman–Crippen LogP) is 0.855. The molecule has 1 N–H and O–H groups in total. The molecule has 1 aromatic heterocycles. The summed E-state index contributed by atoms with van der Waals surface area (Å²) in [7, 11) is -2.28. The van der Waals surface area contributed by atoms with Gasteiger partial charge in [0.25, 0.3) is 5.69 Å². The first-order valence-corrected chi connectivity index (χ1v) is 7.44. The van der Waals surface area contributed by atoms with E-state index >= 15 is 0 Å². The minimum absolute atomic E-state index is 0.125. The predicted molar refractivity (Wildman–Crippen MR) is 73.1 cm³/mol. The molecule has 11 heteroatoms. The van der Waals surface area contributed by atoms with Gasteiger partial charge in [-0.1, -0.05) is 11.6 Å². The lowest BCUT2D eigenvalue weighted by Crippen LogP contribution is -2.24. The number of halogens is 1. The fourth-order valence-electron chi connectivity index (χ4n) is 1.51. The number of sulfonamides is 1. The van der Waals surface area contributed by atoms with Crippen LogP contribution in [0.15, 0.2) is 29.4 Å². The van der Waals surface area contributed by atoms with Crippen LogP contribution in [0, 0.1) is 10.1 Å². The highest BCUT2D eigenvalue weighted by Gasteiger charge is 2.20. The molecule has 21 heavy (non-hydrogen) atoms. The van der Waals surface area contributed by atoms with Crippen molar-refractivity contribution >= 4 is 27.3 Å². The molecule has 0 amide bonds. The van der Waals surface area contributed by atoms with Crippen LogP contribution in [0.4, 0.5) is 5.69 Å². The van der Waals surface area contributed by atoms with Gasteiger partial charge in [-0.2, -0.15) is 5.10 Å². The van der Waals surface area contributed by atoms with Gasteiger partial charge in [0.15, 0.2) is 5.82 Å². The van der Waals surface area contributed by atoms with Crippen LogP contribution in [0.1, 0.15) is 5.82 Å². The molecule has 0 fully saturated rings. The fraction of sp³-hybridized carbons (Fsp3) is 0.200. The molecular weight excluding hydrogens is 322 g/mol. The summed E-state index contributed by atoms with van der Waals surface area (Å²) in [6.45, 7) is -0.125. The SMILES string of the molecule is Cn1cnc(CNS(=O)(=O)c2ccc(Cl)c([N+](=O)[O-])c2)n1. The second-order valence-corrected chi connectivity index (χ2v) is 6.20. The number of rotatable bonds is 5. The monoisotopic (exact) mass is 331 g/mol. The summed E-state index contributed by atoms with van der Waals surface area (Å²) >= 11 is 5.64. The van der Waals surface area contributed by atoms with E-state index in [2.05, 4.69) is 14.8 Å². The van der Waals surface area contributed by atoms with Gasteiger partial charge in [-0.15, -0.1) is 0 Å². The van der Waals surface area contributed by atoms with E-state index in [1.807, 2.05) is 0 Å². The van der Waals surface area contributed by atoms with Crippen molar-refractivity contribution in [1.29, 1.82) is 0 Å². The van der Waals surface area contributed by atoms with Gasteiger partial charge in [-0.25, -0.2) is 18.1 Å². The lowest BCUT2D eigenvalue weighted by molar-refractivity contribution is -0.384. The van der Waals surface area contributed by atoms with Crippen molar-refractivity contribution in [3.8, 4) is 0 Å². The van der Waals surface area contributed by atoms with Gasteiger partial charge in [0.1, 0.15) is 11.3 Å². The number of nitrogens with zero attached hydrogens (tertiary/aromatic N) is 4. The number of hydrogen-bond donors (Lipinski definition) is 1. The highest BCUT2D eigenvalue weighted by Crippen LogP contribution is 2.26. The maximum atomic E-state index is 12.1. The van der Waals surface area contributed by atoms with Crippen molar-refractivity contribution < 1.29 is 13.3 Å². The molecule has 1 aromatic carbocycles. The number of aromatic nitrogens is 3. The van der Waals surface area contributed by atoms with E-state index in [4.69, 9.17) is 11.6 Å². The summed E-state index contributed by atoms with van der Waals surface area (Å²) in [4.78, 5) is 13.6. The third kappa shape index (κ3) is 3.54. The van der Waals surface area contributed by atoms with Gasteiger partial charge >= 0.3 is 0 Å². The van der Waals surface area contributed by atoms with Crippen LogP contribution < -0.4 is 4.72 Å². The molecular formula is C10H10ClN5O4S. The zero-order valence-electron chi connectivity index (χ0n) is 10.7. The lowest BCUT2D eigenvalue weighted by atomic mass is 10.3. The molecule has 0 saturated heterocycles. The Kier molecular flexibility index (Phi) is 4.21. The van der Waals surface area contributed by atoms with E-state index in [9.17, 15) is 18.5 Å². The zero-order chi connectivity index (χ0) is 15.6. The Morgan fingerprint density at radius 1 is 1.48 bits per heavy atom. The molecule has 0 saturated carbocycles. The average molecular weight is 332 g/mol. The van der Waals surface area contributed by atoms with Gasteiger partial charge < -0.3 is 0 Å². The molecule has 0 aliphatic rings. The Hall–Kier alpha value is -2.04. The molecule has 0 bridgehead atoms. The molecule has 0 aliphatic carbocycles. The maximum Gasteiger partial charge on any atom is 0.289 e. The molecule has 0 aliphatic heterocycles. The molecule has 2 rings (SSSR count). The topological polar surface area (TPSA) is 120 Å². The van der Waals surface area contributed by atoms with Crippen molar-refractivity contribution in [2.24, 2.45) is 7.05 Å². The van der Waals surface area contributed by atoms with Crippen LogP contribution in [-0.4, -0.2) is 28.1 Å². The lowest BCUT2D eigenvalue weighted by Gasteiger charge is -2.05. The van der Waals surface area contributed by atoms with Crippen molar-refractivity contribution in [3.05, 3.63) is 45.5 Å². The number of hydrogen-bond acceptors (Lipinski definition) is 6. The third-order valence-corrected chi connectivity index (χ3v) is 4.21. The van der Waals surface area contributed by atoms with Gasteiger partial charge in [0.2, 0.25) is 10.0 Å². The third-order valence-electron chi connectivity index (χ3n) is 2.49. The normalized spacial score (nSPS) is 11.5. The van der Waals surface area contributed by atoms with Crippen molar-refractivity contribution in [1.82, 2.24) is 19.5 Å². The second-order valence-electron chi connectivity index (χ2n) is 4.03. The van der Waals surface area contributed by atoms with Gasteiger partial charge in [-0.05, 0) is 12.1 Å². The Bertz CT molecular complexity index is 788. The Morgan fingerprint density at radius 2 is 2.19 bits per heavy atom. The van der Waals surface area contributed by atoms with Crippen molar-refractivity contribution in [3.63, 3.8) is 0 Å². The molecule has 0 spiro atoms. The van der Waals surface area contributed by atoms with Gasteiger partial charge in [0.05, 0.1) is 16.4 Å². The Labute approximate surface area is 124 Å². The first kappa shape index (κ1) is 15.4. The first-order chi connectivity index (χ1) is 9.79. The smallest absolute Gasteiger partial charge is 0.258 e. The summed E-state index contributed by atoms with van der Waals surface area (Å²) < 4.78 is 27.8. The second kappa shape index (κ2) is 5.76. The van der Waals surface area contributed by atoms with Crippen LogP contribution in [0.2, 0.25) is 5.02 Å². The largest absolute Gasteiger partial charge is 0.289 e. The minimum atomic E-state index is -3.92. The van der Waals surface area contributed by atoms with E-state index in [0.29, 0.717) is 0 Å². The summed E-state index contributed by atoms with van der Waals surface area (Å²) in [5, 5.41) is 14.5. The number of nitro benzene ring substituents is 1. The van der Waals surface area contributed by atoms with Gasteiger partial charge in [-0.3, -0.25) is 14.8 Å². The molecule has 0 atom stereocenters. The summed E-state index contributed by atoms with van der Waals surface area (Å²) in [6, 6.07) is 3.24. The Balaban J connectivity index is 2.23. The molecule has 0 radical (unpaired) electrons. The fourth-order valence-corrected chi connectivity index (χ4v) is 2.69. The summed E-state index contributed by atoms with van der Waals surface area (Å²) in [5.74, 6) is 0.282. The van der Waals surface area contributed by atoms with Gasteiger partial charge in [0, 0.05) is 13.1 Å². The number of benzene rings is 1. The highest BCUT2D eigenvalue weighted by atomic mass is 35.5. The number of nitrogens with one attached hydrogen (secondary N) is 1. The van der Waals surface area contributed by atoms with Crippen molar-refractivity contribution in [2.45, 2.75) is 11.4 Å². The maximum absolute atomic E-state index is 12.1. The summed E-state index contributed by atoms with van der Waals surface area (Å²) in [5.41, 5.74) is -0.476. The van der Waals surface area contributed by atoms with E-state index in [0.717, 1.165) is 12.1 Å². The number of aryl methyl sites for hydroxylation is 1. The standard InChI is InChI=1S/C10H10ClN5O4S/c1-15-6-12-10(14-15)5-13-21(19,20)7-2-3-8(11)9(4-7)16(17)18/h2-4,6,13H,5H2,1H3. The minimum Gasteiger partial charge on any atom is -0.258 e. The van der Waals surface area contributed by atoms with E-state index < -0.39 is 20.6 Å². The van der Waals surface area contributed by atoms with Crippen LogP contribution in [0.25, 0.3) is 0 Å². The molecule has 112 valence electrons. The molecule has 2 aromatic rings. The van der Waals surface area contributed by atoms with E-state index in [1.165, 1.54) is 17.1 Å². The molecule has 1 heterocycles. The summed E-state index contributed by atoms with van der Waals surface area (Å²) in [6.07, 6.45) is 1.43. The Morgan fingerprint density at radius 3 is 2.76 bits per heavy atom. The average Bonchev–Trinajstić information content (AvgIpc) is 2.82. The van der Waals surface area contributed by atoms with E-state index in [1.54, 1.807) is 7.05 Å². The first-order valence-electron chi connectivity index (χ1n) is 5.58. The zero-order valence-corrected chi connectivity index (χ0v) is 12.3. The highest BCUT2D eigenvalue weighted by molar-refractivity contribution is 7.89. The molecule has 9 nitrogen and oxygen atoms in total. The van der Waals surface area contributed by atoms with Crippen LogP contribution in [0.3, 0.4) is 0 Å².